The Labute approximate surface area is 170 Å². The largest absolute Gasteiger partial charge is 0.497 e. The van der Waals surface area contributed by atoms with Gasteiger partial charge < -0.3 is 15.0 Å². The third-order valence-corrected chi connectivity index (χ3v) is 5.26. The summed E-state index contributed by atoms with van der Waals surface area (Å²) in [6.07, 6.45) is 2.28. The molecule has 2 aromatic rings. The molecule has 0 saturated carbocycles. The number of hydrogen-bond acceptors (Lipinski definition) is 3. The van der Waals surface area contributed by atoms with Crippen molar-refractivity contribution < 1.29 is 14.3 Å². The number of piperidine rings is 1. The van der Waals surface area contributed by atoms with Crippen molar-refractivity contribution in [2.75, 3.05) is 20.2 Å². The van der Waals surface area contributed by atoms with E-state index in [9.17, 15) is 9.59 Å². The van der Waals surface area contributed by atoms with E-state index in [4.69, 9.17) is 16.3 Å². The van der Waals surface area contributed by atoms with Gasteiger partial charge in [-0.3, -0.25) is 9.59 Å². The molecule has 1 heterocycles. The normalized spacial score (nSPS) is 14.6. The van der Waals surface area contributed by atoms with Crippen LogP contribution in [0, 0.1) is 0 Å². The number of methoxy groups -OCH3 is 1. The van der Waals surface area contributed by atoms with E-state index in [-0.39, 0.29) is 17.9 Å². The number of hydrogen-bond donors (Lipinski definition) is 1. The molecular formula is C22H25ClN2O3. The van der Waals surface area contributed by atoms with Crippen LogP contribution in [0.1, 0.15) is 24.0 Å². The van der Waals surface area contributed by atoms with Crippen molar-refractivity contribution in [1.82, 2.24) is 10.2 Å². The van der Waals surface area contributed by atoms with Crippen LogP contribution >= 0.6 is 11.6 Å². The van der Waals surface area contributed by atoms with Crippen molar-refractivity contribution in [3.63, 3.8) is 0 Å². The first-order chi connectivity index (χ1) is 13.5. The van der Waals surface area contributed by atoms with E-state index in [1.165, 1.54) is 0 Å². The molecule has 1 fully saturated rings. The molecule has 3 rings (SSSR count). The molecule has 0 atom stereocenters. The van der Waals surface area contributed by atoms with Gasteiger partial charge in [-0.2, -0.15) is 0 Å². The number of nitrogens with one attached hydrogen (secondary N) is 1. The Balaban J connectivity index is 1.42. The molecule has 0 radical (unpaired) electrons. The summed E-state index contributed by atoms with van der Waals surface area (Å²) in [6, 6.07) is 15.0. The molecule has 0 aliphatic carbocycles. The molecule has 0 spiro atoms. The van der Waals surface area contributed by atoms with Gasteiger partial charge in [-0.25, -0.2) is 0 Å². The van der Waals surface area contributed by atoms with Crippen molar-refractivity contribution in [2.24, 2.45) is 0 Å². The number of likely N-dealkylation sites (tertiary alicyclic amines) is 1. The van der Waals surface area contributed by atoms with Crippen molar-refractivity contribution in [3.8, 4) is 5.75 Å². The monoisotopic (exact) mass is 400 g/mol. The quantitative estimate of drug-likeness (QED) is 0.809. The minimum atomic E-state index is 0.00494. The Bertz CT molecular complexity index is 798. The molecule has 0 unspecified atom stereocenters. The smallest absolute Gasteiger partial charge is 0.226 e. The molecule has 2 aromatic carbocycles. The van der Waals surface area contributed by atoms with E-state index in [0.29, 0.717) is 31.0 Å². The number of rotatable bonds is 6. The molecule has 1 saturated heterocycles. The molecule has 1 N–H and O–H groups in total. The van der Waals surface area contributed by atoms with Gasteiger partial charge in [0.25, 0.3) is 0 Å². The molecule has 1 aliphatic rings. The Morgan fingerprint density at radius 1 is 1.00 bits per heavy atom. The summed E-state index contributed by atoms with van der Waals surface area (Å²) in [4.78, 5) is 26.6. The van der Waals surface area contributed by atoms with Gasteiger partial charge in [-0.1, -0.05) is 35.9 Å². The number of carbonyl (C=O) groups excluding carboxylic acids is 2. The predicted molar refractivity (Wildman–Crippen MR) is 110 cm³/mol. The molecule has 28 heavy (non-hydrogen) atoms. The average Bonchev–Trinajstić information content (AvgIpc) is 2.71. The summed E-state index contributed by atoms with van der Waals surface area (Å²) < 4.78 is 5.14. The lowest BCUT2D eigenvalue weighted by atomic mass is 10.0. The van der Waals surface area contributed by atoms with Crippen LogP contribution in [0.4, 0.5) is 0 Å². The van der Waals surface area contributed by atoms with Gasteiger partial charge in [0.15, 0.2) is 0 Å². The molecule has 0 aromatic heterocycles. The number of benzene rings is 2. The number of amides is 2. The lowest BCUT2D eigenvalue weighted by molar-refractivity contribution is -0.131. The highest BCUT2D eigenvalue weighted by Gasteiger charge is 2.23. The van der Waals surface area contributed by atoms with E-state index in [1.54, 1.807) is 19.2 Å². The Morgan fingerprint density at radius 2 is 1.57 bits per heavy atom. The zero-order valence-electron chi connectivity index (χ0n) is 16.0. The van der Waals surface area contributed by atoms with Crippen LogP contribution in [0.3, 0.4) is 0 Å². The Kier molecular flexibility index (Phi) is 6.93. The highest BCUT2D eigenvalue weighted by Crippen LogP contribution is 2.16. The zero-order chi connectivity index (χ0) is 19.9. The second kappa shape index (κ2) is 9.60. The SMILES string of the molecule is COc1ccc(CC(=O)N2CCC(NC(=O)Cc3ccc(Cl)cc3)CC2)cc1. The van der Waals surface area contributed by atoms with Crippen LogP contribution in [0.15, 0.2) is 48.5 Å². The fraction of sp³-hybridized carbons (Fsp3) is 0.364. The lowest BCUT2D eigenvalue weighted by Gasteiger charge is -2.32. The van der Waals surface area contributed by atoms with Crippen LogP contribution in [0.5, 0.6) is 5.75 Å². The first-order valence-corrected chi connectivity index (χ1v) is 9.86. The Morgan fingerprint density at radius 3 is 2.18 bits per heavy atom. The van der Waals surface area contributed by atoms with E-state index >= 15 is 0 Å². The summed E-state index contributed by atoms with van der Waals surface area (Å²) in [7, 11) is 1.62. The van der Waals surface area contributed by atoms with Gasteiger partial charge in [0.1, 0.15) is 5.75 Å². The zero-order valence-corrected chi connectivity index (χ0v) is 16.7. The van der Waals surface area contributed by atoms with Crippen LogP contribution in [0.25, 0.3) is 0 Å². The van der Waals surface area contributed by atoms with Crippen LogP contribution in [-0.2, 0) is 22.4 Å². The minimum absolute atomic E-state index is 0.00494. The third-order valence-electron chi connectivity index (χ3n) is 5.01. The third kappa shape index (κ3) is 5.73. The maximum absolute atomic E-state index is 12.5. The van der Waals surface area contributed by atoms with E-state index < -0.39 is 0 Å². The van der Waals surface area contributed by atoms with Crippen molar-refractivity contribution >= 4 is 23.4 Å². The predicted octanol–water partition coefficient (Wildman–Crippen LogP) is 3.24. The van der Waals surface area contributed by atoms with E-state index in [1.807, 2.05) is 41.3 Å². The summed E-state index contributed by atoms with van der Waals surface area (Å²) in [5, 5.41) is 3.74. The van der Waals surface area contributed by atoms with E-state index in [0.717, 1.165) is 29.7 Å². The highest BCUT2D eigenvalue weighted by atomic mass is 35.5. The van der Waals surface area contributed by atoms with Gasteiger partial charge >= 0.3 is 0 Å². The minimum Gasteiger partial charge on any atom is -0.497 e. The van der Waals surface area contributed by atoms with Gasteiger partial charge in [-0.15, -0.1) is 0 Å². The second-order valence-corrected chi connectivity index (χ2v) is 7.49. The van der Waals surface area contributed by atoms with Gasteiger partial charge in [0, 0.05) is 24.2 Å². The fourth-order valence-corrected chi connectivity index (χ4v) is 3.50. The number of nitrogens with zero attached hydrogens (tertiary/aromatic N) is 1. The summed E-state index contributed by atoms with van der Waals surface area (Å²) in [5.41, 5.74) is 1.91. The summed E-state index contributed by atoms with van der Waals surface area (Å²) in [6.45, 7) is 1.34. The number of halogens is 1. The molecule has 0 bridgehead atoms. The standard InChI is InChI=1S/C22H25ClN2O3/c1-28-20-8-4-17(5-9-20)15-22(27)25-12-10-19(11-13-25)24-21(26)14-16-2-6-18(23)7-3-16/h2-9,19H,10-15H2,1H3,(H,24,26). The van der Waals surface area contributed by atoms with Crippen LogP contribution in [0.2, 0.25) is 5.02 Å². The highest BCUT2D eigenvalue weighted by molar-refractivity contribution is 6.30. The van der Waals surface area contributed by atoms with Crippen LogP contribution < -0.4 is 10.1 Å². The first kappa shape index (κ1) is 20.2. The number of ether oxygens (including phenoxy) is 1. The summed E-state index contributed by atoms with van der Waals surface area (Å²) in [5.74, 6) is 0.910. The number of carbonyl (C=O) groups is 2. The van der Waals surface area contributed by atoms with E-state index in [2.05, 4.69) is 5.32 Å². The maximum Gasteiger partial charge on any atom is 0.226 e. The molecule has 148 valence electrons. The maximum atomic E-state index is 12.5. The van der Waals surface area contributed by atoms with Crippen LogP contribution in [-0.4, -0.2) is 43.0 Å². The van der Waals surface area contributed by atoms with Gasteiger partial charge in [0.05, 0.1) is 20.0 Å². The topological polar surface area (TPSA) is 58.6 Å². The summed E-state index contributed by atoms with van der Waals surface area (Å²) >= 11 is 5.87. The average molecular weight is 401 g/mol. The van der Waals surface area contributed by atoms with Gasteiger partial charge in [0.2, 0.25) is 11.8 Å². The van der Waals surface area contributed by atoms with Crippen molar-refractivity contribution in [1.29, 1.82) is 0 Å². The second-order valence-electron chi connectivity index (χ2n) is 7.05. The van der Waals surface area contributed by atoms with Crippen molar-refractivity contribution in [3.05, 3.63) is 64.7 Å². The molecule has 1 aliphatic heterocycles. The Hall–Kier alpha value is -2.53. The van der Waals surface area contributed by atoms with Crippen molar-refractivity contribution in [2.45, 2.75) is 31.7 Å². The van der Waals surface area contributed by atoms with Gasteiger partial charge in [-0.05, 0) is 48.2 Å². The molecule has 5 nitrogen and oxygen atoms in total. The molecule has 2 amide bonds. The lowest BCUT2D eigenvalue weighted by Crippen LogP contribution is -2.47. The first-order valence-electron chi connectivity index (χ1n) is 9.48. The molecule has 6 heteroatoms. The fourth-order valence-electron chi connectivity index (χ4n) is 3.37. The molecular weight excluding hydrogens is 376 g/mol.